The zero-order chi connectivity index (χ0) is 14.9. The van der Waals surface area contributed by atoms with Crippen LogP contribution in [-0.2, 0) is 0 Å². The quantitative estimate of drug-likeness (QED) is 0.942. The van der Waals surface area contributed by atoms with Gasteiger partial charge < -0.3 is 10.5 Å². The van der Waals surface area contributed by atoms with E-state index in [1.807, 2.05) is 13.8 Å². The summed E-state index contributed by atoms with van der Waals surface area (Å²) >= 11 is 5.69. The van der Waals surface area contributed by atoms with E-state index in [-0.39, 0.29) is 11.1 Å². The molecule has 20 heavy (non-hydrogen) atoms. The molecule has 1 atom stereocenters. The summed E-state index contributed by atoms with van der Waals surface area (Å²) in [6, 6.07) is 4.12. The minimum atomic E-state index is -0.540. The van der Waals surface area contributed by atoms with Gasteiger partial charge in [0.2, 0.25) is 0 Å². The van der Waals surface area contributed by atoms with Gasteiger partial charge in [-0.05, 0) is 31.5 Å². The standard InChI is InChI=1S/C14H17ClFN3O/c1-8(2)19-14(12(20-3)7-18-19)13(17)9-4-5-10(15)11(16)6-9/h4-8,13H,17H2,1-3H3. The molecule has 1 aromatic carbocycles. The number of ether oxygens (including phenoxy) is 1. The highest BCUT2D eigenvalue weighted by atomic mass is 35.5. The topological polar surface area (TPSA) is 53.1 Å². The van der Waals surface area contributed by atoms with Gasteiger partial charge in [0.05, 0.1) is 24.4 Å². The Morgan fingerprint density at radius 2 is 2.10 bits per heavy atom. The third-order valence-corrected chi connectivity index (χ3v) is 3.41. The molecule has 2 N–H and O–H groups in total. The van der Waals surface area contributed by atoms with E-state index in [0.29, 0.717) is 17.0 Å². The van der Waals surface area contributed by atoms with Crippen molar-refractivity contribution in [1.29, 1.82) is 0 Å². The highest BCUT2D eigenvalue weighted by Crippen LogP contribution is 2.31. The fourth-order valence-electron chi connectivity index (χ4n) is 2.08. The van der Waals surface area contributed by atoms with Crippen LogP contribution in [0.4, 0.5) is 4.39 Å². The summed E-state index contributed by atoms with van der Waals surface area (Å²) in [5, 5.41) is 4.34. The minimum absolute atomic E-state index is 0.0743. The van der Waals surface area contributed by atoms with E-state index in [2.05, 4.69) is 5.10 Å². The molecule has 6 heteroatoms. The largest absolute Gasteiger partial charge is 0.493 e. The summed E-state index contributed by atoms with van der Waals surface area (Å²) < 4.78 is 20.6. The number of halogens is 2. The lowest BCUT2D eigenvalue weighted by Crippen LogP contribution is -2.19. The SMILES string of the molecule is COc1cnn(C(C)C)c1C(N)c1ccc(Cl)c(F)c1. The molecular formula is C14H17ClFN3O. The number of hydrogen-bond acceptors (Lipinski definition) is 3. The van der Waals surface area contributed by atoms with Gasteiger partial charge >= 0.3 is 0 Å². The van der Waals surface area contributed by atoms with Crippen molar-refractivity contribution < 1.29 is 9.13 Å². The summed E-state index contributed by atoms with van der Waals surface area (Å²) in [4.78, 5) is 0. The molecule has 2 rings (SSSR count). The molecule has 0 radical (unpaired) electrons. The Labute approximate surface area is 122 Å². The van der Waals surface area contributed by atoms with Gasteiger partial charge in [-0.2, -0.15) is 5.10 Å². The van der Waals surface area contributed by atoms with Crippen LogP contribution in [0.3, 0.4) is 0 Å². The molecule has 2 aromatic rings. The molecule has 0 bridgehead atoms. The predicted molar refractivity (Wildman–Crippen MR) is 76.6 cm³/mol. The molecular weight excluding hydrogens is 281 g/mol. The minimum Gasteiger partial charge on any atom is -0.493 e. The van der Waals surface area contributed by atoms with Crippen LogP contribution >= 0.6 is 11.6 Å². The summed E-state index contributed by atoms with van der Waals surface area (Å²) in [6.07, 6.45) is 1.61. The van der Waals surface area contributed by atoms with Crippen LogP contribution in [0, 0.1) is 5.82 Å². The lowest BCUT2D eigenvalue weighted by molar-refractivity contribution is 0.401. The lowest BCUT2D eigenvalue weighted by Gasteiger charge is -2.18. The normalized spacial score (nSPS) is 12.8. The highest BCUT2D eigenvalue weighted by Gasteiger charge is 2.22. The maximum Gasteiger partial charge on any atom is 0.161 e. The van der Waals surface area contributed by atoms with Gasteiger partial charge in [-0.3, -0.25) is 4.68 Å². The van der Waals surface area contributed by atoms with Crippen LogP contribution in [0.2, 0.25) is 5.02 Å². The molecule has 0 saturated carbocycles. The van der Waals surface area contributed by atoms with Gasteiger partial charge in [-0.1, -0.05) is 17.7 Å². The number of nitrogens with two attached hydrogens (primary N) is 1. The van der Waals surface area contributed by atoms with Crippen molar-refractivity contribution in [3.63, 3.8) is 0 Å². The average Bonchev–Trinajstić information content (AvgIpc) is 2.85. The Hall–Kier alpha value is -1.59. The third kappa shape index (κ3) is 2.64. The molecule has 0 amide bonds. The van der Waals surface area contributed by atoms with E-state index in [9.17, 15) is 4.39 Å². The Kier molecular flexibility index (Phi) is 4.30. The summed E-state index contributed by atoms with van der Waals surface area (Å²) in [5.74, 6) is 0.0933. The second kappa shape index (κ2) is 5.81. The molecule has 0 aliphatic rings. The van der Waals surface area contributed by atoms with E-state index in [1.54, 1.807) is 24.1 Å². The van der Waals surface area contributed by atoms with Crippen LogP contribution in [0.15, 0.2) is 24.4 Å². The number of rotatable bonds is 4. The van der Waals surface area contributed by atoms with Gasteiger partial charge in [-0.25, -0.2) is 4.39 Å². The zero-order valence-electron chi connectivity index (χ0n) is 11.6. The number of methoxy groups -OCH3 is 1. The molecule has 0 fully saturated rings. The first-order chi connectivity index (χ1) is 9.45. The van der Waals surface area contributed by atoms with E-state index < -0.39 is 11.9 Å². The molecule has 0 spiro atoms. The van der Waals surface area contributed by atoms with Crippen molar-refractivity contribution in [1.82, 2.24) is 9.78 Å². The lowest BCUT2D eigenvalue weighted by atomic mass is 10.0. The maximum absolute atomic E-state index is 13.6. The van der Waals surface area contributed by atoms with Crippen molar-refractivity contribution in [2.75, 3.05) is 7.11 Å². The van der Waals surface area contributed by atoms with Gasteiger partial charge in [-0.15, -0.1) is 0 Å². The first-order valence-electron chi connectivity index (χ1n) is 6.27. The fraction of sp³-hybridized carbons (Fsp3) is 0.357. The Morgan fingerprint density at radius 3 is 2.65 bits per heavy atom. The highest BCUT2D eigenvalue weighted by molar-refractivity contribution is 6.30. The van der Waals surface area contributed by atoms with E-state index in [4.69, 9.17) is 22.1 Å². The third-order valence-electron chi connectivity index (χ3n) is 3.11. The van der Waals surface area contributed by atoms with E-state index in [0.717, 1.165) is 0 Å². The van der Waals surface area contributed by atoms with Crippen LogP contribution in [0.1, 0.15) is 37.2 Å². The molecule has 1 unspecified atom stereocenters. The molecule has 0 aliphatic carbocycles. The Bertz CT molecular complexity index is 612. The predicted octanol–water partition coefficient (Wildman–Crippen LogP) is 3.31. The first-order valence-corrected chi connectivity index (χ1v) is 6.65. The first kappa shape index (κ1) is 14.8. The molecule has 108 valence electrons. The molecule has 4 nitrogen and oxygen atoms in total. The van der Waals surface area contributed by atoms with Crippen LogP contribution in [0.25, 0.3) is 0 Å². The van der Waals surface area contributed by atoms with E-state index >= 15 is 0 Å². The second-order valence-corrected chi connectivity index (χ2v) is 5.19. The van der Waals surface area contributed by atoms with Crippen molar-refractivity contribution in [2.24, 2.45) is 5.73 Å². The number of hydrogen-bond donors (Lipinski definition) is 1. The Balaban J connectivity index is 2.49. The van der Waals surface area contributed by atoms with Crippen molar-refractivity contribution in [2.45, 2.75) is 25.9 Å². The van der Waals surface area contributed by atoms with Crippen molar-refractivity contribution in [3.8, 4) is 5.75 Å². The number of nitrogens with zero attached hydrogens (tertiary/aromatic N) is 2. The molecule has 1 aromatic heterocycles. The maximum atomic E-state index is 13.6. The van der Waals surface area contributed by atoms with Crippen LogP contribution < -0.4 is 10.5 Å². The zero-order valence-corrected chi connectivity index (χ0v) is 12.4. The van der Waals surface area contributed by atoms with Gasteiger partial charge in [0.1, 0.15) is 11.5 Å². The number of aromatic nitrogens is 2. The van der Waals surface area contributed by atoms with Gasteiger partial charge in [0, 0.05) is 6.04 Å². The molecule has 1 heterocycles. The van der Waals surface area contributed by atoms with Crippen LogP contribution in [0.5, 0.6) is 5.75 Å². The summed E-state index contributed by atoms with van der Waals surface area (Å²) in [7, 11) is 1.56. The average molecular weight is 298 g/mol. The fourth-order valence-corrected chi connectivity index (χ4v) is 2.20. The number of benzene rings is 1. The van der Waals surface area contributed by atoms with Gasteiger partial charge in [0.15, 0.2) is 5.75 Å². The van der Waals surface area contributed by atoms with Crippen molar-refractivity contribution >= 4 is 11.6 Å². The van der Waals surface area contributed by atoms with E-state index in [1.165, 1.54) is 12.1 Å². The monoisotopic (exact) mass is 297 g/mol. The molecule has 0 saturated heterocycles. The summed E-state index contributed by atoms with van der Waals surface area (Å²) in [6.45, 7) is 3.98. The van der Waals surface area contributed by atoms with Crippen molar-refractivity contribution in [3.05, 3.63) is 46.5 Å². The summed E-state index contributed by atoms with van der Waals surface area (Å²) in [5.41, 5.74) is 7.57. The molecule has 0 aliphatic heterocycles. The second-order valence-electron chi connectivity index (χ2n) is 4.79. The Morgan fingerprint density at radius 1 is 1.40 bits per heavy atom. The smallest absolute Gasteiger partial charge is 0.161 e. The van der Waals surface area contributed by atoms with Gasteiger partial charge in [0.25, 0.3) is 0 Å². The van der Waals surface area contributed by atoms with Crippen LogP contribution in [-0.4, -0.2) is 16.9 Å².